The number of fused-ring (bicyclic) bond motifs is 4. The topological polar surface area (TPSA) is 47.7 Å². The van der Waals surface area contributed by atoms with Crippen molar-refractivity contribution < 1.29 is 8.98 Å². The summed E-state index contributed by atoms with van der Waals surface area (Å²) in [5.74, 6) is 1.82. The highest BCUT2D eigenvalue weighted by atomic mass is 28.3. The van der Waals surface area contributed by atoms with Crippen molar-refractivity contribution >= 4 is 46.6 Å². The summed E-state index contributed by atoms with van der Waals surface area (Å²) < 4.78 is 11.8. The van der Waals surface area contributed by atoms with Crippen molar-refractivity contribution in [2.75, 3.05) is 0 Å². The number of rotatable bonds is 5. The van der Waals surface area contributed by atoms with Crippen LogP contribution in [0.5, 0.6) is 0 Å². The van der Waals surface area contributed by atoms with Gasteiger partial charge in [-0.2, -0.15) is 4.57 Å². The molecule has 0 aliphatic carbocycles. The molecule has 5 nitrogen and oxygen atoms in total. The average molecular weight is 632 g/mol. The summed E-state index contributed by atoms with van der Waals surface area (Å²) >= 11 is 0. The lowest BCUT2D eigenvalue weighted by molar-refractivity contribution is -0.633. The van der Waals surface area contributed by atoms with Crippen molar-refractivity contribution in [3.8, 4) is 17.1 Å². The van der Waals surface area contributed by atoms with E-state index in [2.05, 4.69) is 153 Å². The molecule has 0 N–H and O–H groups in total. The zero-order valence-electron chi connectivity index (χ0n) is 30.1. The third-order valence-corrected chi connectivity index (χ3v) is 18.0. The van der Waals surface area contributed by atoms with E-state index in [1.54, 1.807) is 0 Å². The molecule has 0 saturated heterocycles. The van der Waals surface area contributed by atoms with Gasteiger partial charge < -0.3 is 4.42 Å². The van der Waals surface area contributed by atoms with Gasteiger partial charge in [0.15, 0.2) is 16.6 Å². The molecule has 6 rings (SSSR count). The number of aromatic nitrogens is 4. The fraction of sp³-hybridized carbons (Fsp3) is 0.425. The summed E-state index contributed by atoms with van der Waals surface area (Å²) in [6.07, 6.45) is 2.02. The number of aryl methyl sites for hydroxylation is 2. The maximum atomic E-state index is 6.92. The van der Waals surface area contributed by atoms with Gasteiger partial charge in [0.1, 0.15) is 24.8 Å². The van der Waals surface area contributed by atoms with Gasteiger partial charge >= 0.3 is 0 Å². The first kappa shape index (κ1) is 32.2. The Balaban J connectivity index is 1.74. The van der Waals surface area contributed by atoms with Gasteiger partial charge in [0.05, 0.1) is 12.4 Å². The lowest BCUT2D eigenvalue weighted by atomic mass is 9.92. The molecule has 0 radical (unpaired) electrons. The third kappa shape index (κ3) is 4.66. The van der Waals surface area contributed by atoms with Crippen LogP contribution in [0.2, 0.25) is 16.6 Å². The Bertz CT molecular complexity index is 2080. The summed E-state index contributed by atoms with van der Waals surface area (Å²) in [7, 11) is -0.00797. The first-order valence-corrected chi connectivity index (χ1v) is 19.3. The molecule has 3 aromatic heterocycles. The number of hydrogen-bond donors (Lipinski definition) is 0. The summed E-state index contributed by atoms with van der Waals surface area (Å²) in [6.45, 7) is 27.9. The van der Waals surface area contributed by atoms with Crippen molar-refractivity contribution in [1.82, 2.24) is 14.5 Å². The first-order chi connectivity index (χ1) is 21.5. The summed E-state index contributed by atoms with van der Waals surface area (Å²) in [6, 6.07) is 20.0. The molecule has 6 aromatic rings. The second-order valence-corrected chi connectivity index (χ2v) is 21.8. The highest BCUT2D eigenvalue weighted by Gasteiger charge is 2.53. The molecular formula is C40H51N4OSi+. The Morgan fingerprint density at radius 2 is 1.41 bits per heavy atom. The molecule has 3 aromatic carbocycles. The van der Waals surface area contributed by atoms with Gasteiger partial charge in [0.25, 0.3) is 5.82 Å². The van der Waals surface area contributed by atoms with Crippen LogP contribution in [0.25, 0.3) is 50.2 Å². The largest absolute Gasteiger partial charge is 0.437 e. The smallest absolute Gasteiger partial charge is 0.299 e. The Morgan fingerprint density at radius 1 is 0.804 bits per heavy atom. The zero-order chi connectivity index (χ0) is 33.5. The average Bonchev–Trinajstić information content (AvgIpc) is 3.49. The lowest BCUT2D eigenvalue weighted by Crippen LogP contribution is -2.61. The molecule has 0 fully saturated rings. The number of benzene rings is 3. The fourth-order valence-corrected chi connectivity index (χ4v) is 11.9. The highest BCUT2D eigenvalue weighted by Crippen LogP contribution is 2.50. The SMILES string of the molecule is Cc1ccc2c(oc3nc([Si](C)(C(C)(C)C)C(C)(C)C)ncc32)c1-c1n(-c2c(C(C)C)cccc2C(C)C)c2ccccc2[n+]1C. The Morgan fingerprint density at radius 3 is 2.00 bits per heavy atom. The molecule has 3 heterocycles. The fourth-order valence-electron chi connectivity index (χ4n) is 7.63. The van der Waals surface area contributed by atoms with E-state index in [1.807, 2.05) is 6.20 Å². The molecule has 0 aliphatic heterocycles. The number of para-hydroxylation sites is 3. The third-order valence-electron chi connectivity index (χ3n) is 10.9. The lowest BCUT2D eigenvalue weighted by Gasteiger charge is -2.47. The van der Waals surface area contributed by atoms with Crippen LogP contribution >= 0.6 is 0 Å². The molecule has 240 valence electrons. The maximum Gasteiger partial charge on any atom is 0.299 e. The van der Waals surface area contributed by atoms with Crippen molar-refractivity contribution in [1.29, 1.82) is 0 Å². The molecule has 0 bridgehead atoms. The van der Waals surface area contributed by atoms with E-state index < -0.39 is 8.07 Å². The van der Waals surface area contributed by atoms with Crippen molar-refractivity contribution in [3.63, 3.8) is 0 Å². The van der Waals surface area contributed by atoms with Gasteiger partial charge in [-0.3, -0.25) is 0 Å². The van der Waals surface area contributed by atoms with E-state index in [4.69, 9.17) is 14.4 Å². The maximum absolute atomic E-state index is 6.92. The van der Waals surface area contributed by atoms with Crippen LogP contribution in [0.1, 0.15) is 97.8 Å². The molecule has 0 spiro atoms. The minimum absolute atomic E-state index is 0.0688. The predicted molar refractivity (Wildman–Crippen MR) is 196 cm³/mol. The van der Waals surface area contributed by atoms with Crippen LogP contribution in [0.15, 0.2) is 65.2 Å². The molecule has 46 heavy (non-hydrogen) atoms. The number of imidazole rings is 1. The van der Waals surface area contributed by atoms with Gasteiger partial charge in [0.2, 0.25) is 5.71 Å². The predicted octanol–water partition coefficient (Wildman–Crippen LogP) is 10.3. The van der Waals surface area contributed by atoms with Crippen LogP contribution in [0.3, 0.4) is 0 Å². The van der Waals surface area contributed by atoms with Gasteiger partial charge in [0, 0.05) is 22.7 Å². The normalized spacial score (nSPS) is 13.3. The van der Waals surface area contributed by atoms with Crippen molar-refractivity contribution in [2.45, 2.75) is 105 Å². The second-order valence-electron chi connectivity index (χ2n) is 16.1. The molecule has 0 atom stereocenters. The van der Waals surface area contributed by atoms with E-state index in [1.165, 1.54) is 27.8 Å². The Labute approximate surface area is 275 Å². The van der Waals surface area contributed by atoms with Crippen LogP contribution in [0, 0.1) is 6.92 Å². The van der Waals surface area contributed by atoms with Crippen LogP contribution in [-0.4, -0.2) is 22.6 Å². The Kier molecular flexibility index (Phi) is 7.63. The van der Waals surface area contributed by atoms with Crippen LogP contribution < -0.4 is 10.0 Å². The standard InChI is InChI=1S/C40H51N4OSi/c1-24(2)27-17-16-18-28(25(3)4)34(27)44-32-20-15-14-19-31(32)43(12)37(44)33-26(5)21-22-29-30-23-41-38(42-36(30)45-35(29)33)46(13,39(6,7)8)40(9,10)11/h14-25H,1-13H3/q+1. The van der Waals surface area contributed by atoms with Gasteiger partial charge in [-0.25, -0.2) is 14.5 Å². The van der Waals surface area contributed by atoms with E-state index >= 15 is 0 Å². The van der Waals surface area contributed by atoms with Gasteiger partial charge in [-0.1, -0.05) is 118 Å². The molecule has 0 unspecified atom stereocenters. The van der Waals surface area contributed by atoms with Gasteiger partial charge in [-0.05, 0) is 46.5 Å². The van der Waals surface area contributed by atoms with Crippen molar-refractivity contribution in [3.05, 3.63) is 77.5 Å². The molecule has 0 amide bonds. The van der Waals surface area contributed by atoms with E-state index in [-0.39, 0.29) is 10.1 Å². The van der Waals surface area contributed by atoms with Crippen molar-refractivity contribution in [2.24, 2.45) is 7.05 Å². The van der Waals surface area contributed by atoms with Crippen LogP contribution in [0.4, 0.5) is 0 Å². The second kappa shape index (κ2) is 10.9. The minimum atomic E-state index is -2.19. The summed E-state index contributed by atoms with van der Waals surface area (Å²) in [4.78, 5) is 10.4. The molecular weight excluding hydrogens is 581 g/mol. The van der Waals surface area contributed by atoms with E-state index in [9.17, 15) is 0 Å². The molecule has 0 saturated carbocycles. The first-order valence-electron chi connectivity index (χ1n) is 16.8. The van der Waals surface area contributed by atoms with Crippen LogP contribution in [-0.2, 0) is 7.05 Å². The number of nitrogens with zero attached hydrogens (tertiary/aromatic N) is 4. The minimum Gasteiger partial charge on any atom is -0.437 e. The van der Waals surface area contributed by atoms with E-state index in [0.29, 0.717) is 17.5 Å². The molecule has 0 aliphatic rings. The number of hydrogen-bond acceptors (Lipinski definition) is 3. The Hall–Kier alpha value is -3.77. The quantitative estimate of drug-likeness (QED) is 0.140. The zero-order valence-corrected chi connectivity index (χ0v) is 31.1. The molecule has 6 heteroatoms. The summed E-state index contributed by atoms with van der Waals surface area (Å²) in [5, 5.41) is 2.16. The highest BCUT2D eigenvalue weighted by molar-refractivity contribution is 6.94. The number of furan rings is 1. The monoisotopic (exact) mass is 631 g/mol. The van der Waals surface area contributed by atoms with E-state index in [0.717, 1.165) is 38.8 Å². The summed E-state index contributed by atoms with van der Waals surface area (Å²) in [5.41, 5.74) is 11.1. The van der Waals surface area contributed by atoms with Gasteiger partial charge in [-0.15, -0.1) is 0 Å².